The molecule has 1 N–H and O–H groups in total. The first kappa shape index (κ1) is 20.8. The SMILES string of the molecule is COC(=O)C(=C/c1ccc(OC)c(OC)c1)/C(=C\c1ccc2c(c1)OCO2)C(=O)O. The van der Waals surface area contributed by atoms with E-state index in [2.05, 4.69) is 0 Å². The highest BCUT2D eigenvalue weighted by Gasteiger charge is 2.22. The minimum absolute atomic E-state index is 0.0981. The van der Waals surface area contributed by atoms with Gasteiger partial charge in [0, 0.05) is 0 Å². The van der Waals surface area contributed by atoms with Gasteiger partial charge < -0.3 is 28.8 Å². The molecule has 0 atom stereocenters. The van der Waals surface area contributed by atoms with Crippen LogP contribution in [0.1, 0.15) is 11.1 Å². The topological polar surface area (TPSA) is 101 Å². The largest absolute Gasteiger partial charge is 0.493 e. The Kier molecular flexibility index (Phi) is 6.26. The van der Waals surface area contributed by atoms with Crippen LogP contribution in [0.2, 0.25) is 0 Å². The molecule has 0 saturated carbocycles. The van der Waals surface area contributed by atoms with E-state index in [1.54, 1.807) is 36.4 Å². The van der Waals surface area contributed by atoms with Gasteiger partial charge in [-0.25, -0.2) is 9.59 Å². The number of hydrogen-bond acceptors (Lipinski definition) is 7. The summed E-state index contributed by atoms with van der Waals surface area (Å²) >= 11 is 0. The fourth-order valence-electron chi connectivity index (χ4n) is 2.89. The molecular formula is C22H20O8. The van der Waals surface area contributed by atoms with Crippen molar-refractivity contribution in [3.63, 3.8) is 0 Å². The zero-order valence-electron chi connectivity index (χ0n) is 16.6. The number of ether oxygens (including phenoxy) is 5. The molecule has 0 unspecified atom stereocenters. The highest BCUT2D eigenvalue weighted by molar-refractivity contribution is 6.12. The summed E-state index contributed by atoms with van der Waals surface area (Å²) in [5.41, 5.74) is 0.690. The number of rotatable bonds is 7. The number of hydrogen-bond donors (Lipinski definition) is 1. The lowest BCUT2D eigenvalue weighted by molar-refractivity contribution is -0.138. The van der Waals surface area contributed by atoms with Crippen LogP contribution >= 0.6 is 0 Å². The number of esters is 1. The van der Waals surface area contributed by atoms with E-state index in [9.17, 15) is 14.7 Å². The third-order valence-electron chi connectivity index (χ3n) is 4.35. The molecule has 0 aromatic heterocycles. The van der Waals surface area contributed by atoms with E-state index in [4.69, 9.17) is 23.7 Å². The average Bonchev–Trinajstić information content (AvgIpc) is 3.23. The van der Waals surface area contributed by atoms with Gasteiger partial charge in [-0.1, -0.05) is 12.1 Å². The van der Waals surface area contributed by atoms with Gasteiger partial charge in [0.05, 0.1) is 32.5 Å². The minimum atomic E-state index is -1.29. The van der Waals surface area contributed by atoms with Crippen LogP contribution < -0.4 is 18.9 Å². The van der Waals surface area contributed by atoms with Crippen LogP contribution in [0.15, 0.2) is 47.5 Å². The Balaban J connectivity index is 2.09. The van der Waals surface area contributed by atoms with E-state index < -0.39 is 11.9 Å². The molecule has 0 saturated heterocycles. The smallest absolute Gasteiger partial charge is 0.338 e. The Morgan fingerprint density at radius 1 is 0.867 bits per heavy atom. The normalized spacial score (nSPS) is 13.0. The van der Waals surface area contributed by atoms with Gasteiger partial charge in [0.15, 0.2) is 23.0 Å². The fourth-order valence-corrected chi connectivity index (χ4v) is 2.89. The molecular weight excluding hydrogens is 392 g/mol. The van der Waals surface area contributed by atoms with Crippen LogP contribution in [0.25, 0.3) is 12.2 Å². The molecule has 3 rings (SSSR count). The van der Waals surface area contributed by atoms with Crippen molar-refractivity contribution in [1.82, 2.24) is 0 Å². The number of methoxy groups -OCH3 is 3. The molecule has 8 heteroatoms. The maximum atomic E-state index is 12.4. The van der Waals surface area contributed by atoms with Gasteiger partial charge in [-0.2, -0.15) is 0 Å². The van der Waals surface area contributed by atoms with E-state index in [0.717, 1.165) is 0 Å². The number of carbonyl (C=O) groups excluding carboxylic acids is 1. The highest BCUT2D eigenvalue weighted by atomic mass is 16.7. The van der Waals surface area contributed by atoms with Crippen molar-refractivity contribution in [3.8, 4) is 23.0 Å². The molecule has 156 valence electrons. The molecule has 30 heavy (non-hydrogen) atoms. The Morgan fingerprint density at radius 2 is 1.50 bits per heavy atom. The number of aliphatic carboxylic acids is 1. The van der Waals surface area contributed by atoms with E-state index in [0.29, 0.717) is 34.1 Å². The molecule has 0 spiro atoms. The summed E-state index contributed by atoms with van der Waals surface area (Å²) in [4.78, 5) is 24.4. The maximum absolute atomic E-state index is 12.4. The van der Waals surface area contributed by atoms with E-state index in [1.165, 1.54) is 33.5 Å². The van der Waals surface area contributed by atoms with Crippen molar-refractivity contribution in [2.45, 2.75) is 0 Å². The lowest BCUT2D eigenvalue weighted by Gasteiger charge is -2.10. The summed E-state index contributed by atoms with van der Waals surface area (Å²) in [5.74, 6) is -0.0743. The fraction of sp³-hybridized carbons (Fsp3) is 0.182. The van der Waals surface area contributed by atoms with Crippen LogP contribution in [-0.4, -0.2) is 45.2 Å². The number of benzene rings is 2. The summed E-state index contributed by atoms with van der Waals surface area (Å²) in [6.07, 6.45) is 2.79. The second kappa shape index (κ2) is 9.04. The zero-order chi connectivity index (χ0) is 21.7. The second-order valence-electron chi connectivity index (χ2n) is 6.14. The first-order valence-corrected chi connectivity index (χ1v) is 8.84. The van der Waals surface area contributed by atoms with Gasteiger partial charge in [-0.05, 0) is 47.5 Å². The molecule has 0 radical (unpaired) electrons. The summed E-state index contributed by atoms with van der Waals surface area (Å²) in [7, 11) is 4.17. The van der Waals surface area contributed by atoms with Gasteiger partial charge in [-0.3, -0.25) is 0 Å². The van der Waals surface area contributed by atoms with Gasteiger partial charge >= 0.3 is 11.9 Å². The summed E-state index contributed by atoms with van der Waals surface area (Å²) < 4.78 is 25.9. The minimum Gasteiger partial charge on any atom is -0.493 e. The number of carboxylic acid groups (broad SMARTS) is 1. The van der Waals surface area contributed by atoms with E-state index in [-0.39, 0.29) is 17.9 Å². The Hall–Kier alpha value is -3.94. The van der Waals surface area contributed by atoms with Gasteiger partial charge in [-0.15, -0.1) is 0 Å². The Bertz CT molecular complexity index is 1040. The molecule has 2 aromatic carbocycles. The lowest BCUT2D eigenvalue weighted by atomic mass is 9.99. The van der Waals surface area contributed by atoms with Crippen LogP contribution in [0.4, 0.5) is 0 Å². The van der Waals surface area contributed by atoms with Gasteiger partial charge in [0.2, 0.25) is 6.79 Å². The molecule has 1 heterocycles. The molecule has 1 aliphatic heterocycles. The average molecular weight is 412 g/mol. The molecule has 0 bridgehead atoms. The van der Waals surface area contributed by atoms with Crippen LogP contribution in [-0.2, 0) is 14.3 Å². The first-order valence-electron chi connectivity index (χ1n) is 8.84. The predicted molar refractivity (Wildman–Crippen MR) is 108 cm³/mol. The summed E-state index contributed by atoms with van der Waals surface area (Å²) in [5, 5.41) is 9.79. The van der Waals surface area contributed by atoms with Gasteiger partial charge in [0.1, 0.15) is 0 Å². The molecule has 2 aromatic rings. The Morgan fingerprint density at radius 3 is 2.17 bits per heavy atom. The molecule has 0 aliphatic carbocycles. The zero-order valence-corrected chi connectivity index (χ0v) is 16.6. The number of carbonyl (C=O) groups is 2. The number of fused-ring (bicyclic) bond motifs is 1. The second-order valence-corrected chi connectivity index (χ2v) is 6.14. The number of carboxylic acids is 1. The van der Waals surface area contributed by atoms with E-state index >= 15 is 0 Å². The maximum Gasteiger partial charge on any atom is 0.338 e. The molecule has 0 fully saturated rings. The van der Waals surface area contributed by atoms with Gasteiger partial charge in [0.25, 0.3) is 0 Å². The third kappa shape index (κ3) is 4.38. The molecule has 0 amide bonds. The summed E-state index contributed by atoms with van der Waals surface area (Å²) in [6.45, 7) is 0.0981. The standard InChI is InChI=1S/C22H20O8/c1-26-17-6-4-14(10-19(17)27-2)9-16(22(25)28-3)15(21(23)24)8-13-5-7-18-20(11-13)30-12-29-18/h4-11H,12H2,1-3H3,(H,23,24)/b15-8+,16-9+. The van der Waals surface area contributed by atoms with Crippen molar-refractivity contribution in [3.05, 3.63) is 58.7 Å². The first-order chi connectivity index (χ1) is 14.5. The van der Waals surface area contributed by atoms with Crippen molar-refractivity contribution < 1.29 is 38.4 Å². The predicted octanol–water partition coefficient (Wildman–Crippen LogP) is 3.16. The van der Waals surface area contributed by atoms with Crippen LogP contribution in [0, 0.1) is 0 Å². The molecule has 1 aliphatic rings. The Labute approximate surface area is 172 Å². The van der Waals surface area contributed by atoms with Crippen molar-refractivity contribution >= 4 is 24.1 Å². The lowest BCUT2D eigenvalue weighted by Crippen LogP contribution is -2.13. The van der Waals surface area contributed by atoms with Crippen LogP contribution in [0.5, 0.6) is 23.0 Å². The quantitative estimate of drug-likeness (QED) is 0.421. The highest BCUT2D eigenvalue weighted by Crippen LogP contribution is 2.34. The van der Waals surface area contributed by atoms with Crippen LogP contribution in [0.3, 0.4) is 0 Å². The molecule has 8 nitrogen and oxygen atoms in total. The van der Waals surface area contributed by atoms with E-state index in [1.807, 2.05) is 0 Å². The van der Waals surface area contributed by atoms with Crippen molar-refractivity contribution in [1.29, 1.82) is 0 Å². The van der Waals surface area contributed by atoms with Crippen molar-refractivity contribution in [2.24, 2.45) is 0 Å². The third-order valence-corrected chi connectivity index (χ3v) is 4.35. The van der Waals surface area contributed by atoms with Crippen molar-refractivity contribution in [2.75, 3.05) is 28.1 Å². The summed E-state index contributed by atoms with van der Waals surface area (Å²) in [6, 6.07) is 9.93. The monoisotopic (exact) mass is 412 g/mol.